The number of hydrogen-bond donors (Lipinski definition) is 0. The third kappa shape index (κ3) is 3.41. The van der Waals surface area contributed by atoms with Gasteiger partial charge in [0.1, 0.15) is 0 Å². The van der Waals surface area contributed by atoms with Gasteiger partial charge in [-0.05, 0) is 30.4 Å². The molecule has 2 rings (SSSR count). The van der Waals surface area contributed by atoms with Crippen LogP contribution in [0.4, 0.5) is 5.69 Å². The van der Waals surface area contributed by atoms with Gasteiger partial charge in [0.2, 0.25) is 0 Å². The van der Waals surface area contributed by atoms with Crippen LogP contribution < -0.4 is 0 Å². The van der Waals surface area contributed by atoms with Gasteiger partial charge in [0.15, 0.2) is 4.08 Å². The smallest absolute Gasteiger partial charge is 0.333 e. The van der Waals surface area contributed by atoms with Crippen molar-refractivity contribution in [3.05, 3.63) is 39.9 Å². The summed E-state index contributed by atoms with van der Waals surface area (Å²) in [4.78, 5) is 23.1. The number of carbonyl (C=O) groups is 1. The predicted molar refractivity (Wildman–Crippen MR) is 90.4 cm³/mol. The predicted octanol–water partition coefficient (Wildman–Crippen LogP) is 3.83. The molecule has 0 spiro atoms. The first-order valence-electron chi connectivity index (χ1n) is 7.20. The molecule has 0 aromatic heterocycles. The molecule has 1 fully saturated rings. The van der Waals surface area contributed by atoms with E-state index in [1.165, 1.54) is 6.07 Å². The lowest BCUT2D eigenvalue weighted by Crippen LogP contribution is -2.41. The van der Waals surface area contributed by atoms with Crippen molar-refractivity contribution in [2.24, 2.45) is 0 Å². The number of esters is 1. The average molecular weight is 341 g/mol. The minimum atomic E-state index is -0.719. The summed E-state index contributed by atoms with van der Waals surface area (Å²) < 4.78 is 4.57. The molecular weight excluding hydrogens is 322 g/mol. The van der Waals surface area contributed by atoms with Crippen LogP contribution in [0.25, 0.3) is 0 Å². The molecule has 1 unspecified atom stereocenters. The zero-order valence-electron chi connectivity index (χ0n) is 12.6. The van der Waals surface area contributed by atoms with Crippen LogP contribution in [-0.2, 0) is 9.53 Å². The van der Waals surface area contributed by atoms with Gasteiger partial charge in [0.25, 0.3) is 5.69 Å². The molecule has 1 aromatic rings. The highest BCUT2D eigenvalue weighted by Gasteiger charge is 2.48. The Kier molecular flexibility index (Phi) is 5.74. The van der Waals surface area contributed by atoms with E-state index in [2.05, 4.69) is 0 Å². The molecule has 22 heavy (non-hydrogen) atoms. The number of rotatable bonds is 5. The van der Waals surface area contributed by atoms with E-state index in [4.69, 9.17) is 4.74 Å². The molecule has 0 amide bonds. The number of nitro groups is 1. The van der Waals surface area contributed by atoms with E-state index in [0.717, 1.165) is 23.5 Å². The number of benzene rings is 1. The quantitative estimate of drug-likeness (QED) is 0.460. The maximum Gasteiger partial charge on any atom is 0.333 e. The summed E-state index contributed by atoms with van der Waals surface area (Å²) in [6.07, 6.45) is 1.05. The Hall–Kier alpha value is -1.21. The SMILES string of the molecule is CCOC(=O)C1(C(C)c2cccc([N+](=O)[O-])c2)SCCCS1. The van der Waals surface area contributed by atoms with Crippen LogP contribution in [0.3, 0.4) is 0 Å². The fourth-order valence-corrected chi connectivity index (χ4v) is 5.78. The van der Waals surface area contributed by atoms with Crippen molar-refractivity contribution in [3.63, 3.8) is 0 Å². The topological polar surface area (TPSA) is 69.4 Å². The Morgan fingerprint density at radius 2 is 2.14 bits per heavy atom. The first-order chi connectivity index (χ1) is 10.5. The molecule has 1 aromatic carbocycles. The van der Waals surface area contributed by atoms with Crippen LogP contribution in [0.2, 0.25) is 0 Å². The van der Waals surface area contributed by atoms with Gasteiger partial charge in [-0.3, -0.25) is 10.1 Å². The van der Waals surface area contributed by atoms with Gasteiger partial charge in [-0.25, -0.2) is 4.79 Å². The number of nitrogens with zero attached hydrogens (tertiary/aromatic N) is 1. The van der Waals surface area contributed by atoms with Crippen LogP contribution in [-0.4, -0.2) is 33.1 Å². The minimum Gasteiger partial charge on any atom is -0.464 e. The Balaban J connectivity index is 2.36. The maximum atomic E-state index is 12.6. The van der Waals surface area contributed by atoms with Crippen molar-refractivity contribution in [1.29, 1.82) is 0 Å². The number of non-ortho nitro benzene ring substituents is 1. The van der Waals surface area contributed by atoms with Gasteiger partial charge < -0.3 is 4.74 Å². The highest BCUT2D eigenvalue weighted by Crippen LogP contribution is 2.52. The van der Waals surface area contributed by atoms with Crippen molar-refractivity contribution < 1.29 is 14.5 Å². The fourth-order valence-electron chi connectivity index (χ4n) is 2.45. The van der Waals surface area contributed by atoms with Crippen LogP contribution >= 0.6 is 23.5 Å². The third-order valence-electron chi connectivity index (χ3n) is 3.63. The van der Waals surface area contributed by atoms with Gasteiger partial charge in [0.05, 0.1) is 11.5 Å². The summed E-state index contributed by atoms with van der Waals surface area (Å²) in [5.41, 5.74) is 0.846. The molecule has 7 heteroatoms. The molecule has 0 radical (unpaired) electrons. The molecule has 0 bridgehead atoms. The van der Waals surface area contributed by atoms with E-state index in [-0.39, 0.29) is 17.6 Å². The van der Waals surface area contributed by atoms with Crippen molar-refractivity contribution in [2.45, 2.75) is 30.3 Å². The molecule has 1 atom stereocenters. The Morgan fingerprint density at radius 3 is 2.73 bits per heavy atom. The first kappa shape index (κ1) is 17.1. The normalized spacial score (nSPS) is 18.5. The maximum absolute atomic E-state index is 12.6. The monoisotopic (exact) mass is 341 g/mol. The number of nitro benzene ring substituents is 1. The number of hydrogen-bond acceptors (Lipinski definition) is 6. The molecule has 0 saturated carbocycles. The standard InChI is InChI=1S/C15H19NO4S2/c1-3-20-14(17)15(21-8-5-9-22-15)11(2)12-6-4-7-13(10-12)16(18)19/h4,6-7,10-11H,3,5,8-9H2,1-2H3. The average Bonchev–Trinajstić information content (AvgIpc) is 2.55. The highest BCUT2D eigenvalue weighted by molar-refractivity contribution is 8.20. The van der Waals surface area contributed by atoms with E-state index in [1.54, 1.807) is 42.6 Å². The first-order valence-corrected chi connectivity index (χ1v) is 9.18. The van der Waals surface area contributed by atoms with E-state index in [1.807, 2.05) is 13.0 Å². The second kappa shape index (κ2) is 7.37. The largest absolute Gasteiger partial charge is 0.464 e. The second-order valence-corrected chi connectivity index (χ2v) is 7.95. The third-order valence-corrected chi connectivity index (χ3v) is 7.22. The molecule has 0 N–H and O–H groups in total. The number of carbonyl (C=O) groups excluding carboxylic acids is 1. The molecule has 1 aliphatic rings. The van der Waals surface area contributed by atoms with Crippen molar-refractivity contribution in [3.8, 4) is 0 Å². The number of thioether (sulfide) groups is 2. The zero-order valence-corrected chi connectivity index (χ0v) is 14.2. The zero-order chi connectivity index (χ0) is 16.2. The van der Waals surface area contributed by atoms with Crippen LogP contribution in [0.5, 0.6) is 0 Å². The lowest BCUT2D eigenvalue weighted by atomic mass is 9.96. The number of ether oxygens (including phenoxy) is 1. The molecule has 5 nitrogen and oxygen atoms in total. The summed E-state index contributed by atoms with van der Waals surface area (Å²) in [5, 5.41) is 11.0. The van der Waals surface area contributed by atoms with Gasteiger partial charge in [-0.15, -0.1) is 23.5 Å². The van der Waals surface area contributed by atoms with Crippen LogP contribution in [0.1, 0.15) is 31.7 Å². The Labute approximate surface area is 138 Å². The molecule has 120 valence electrons. The van der Waals surface area contributed by atoms with Gasteiger partial charge >= 0.3 is 5.97 Å². The van der Waals surface area contributed by atoms with E-state index in [0.29, 0.717) is 6.61 Å². The second-order valence-electron chi connectivity index (χ2n) is 5.01. The summed E-state index contributed by atoms with van der Waals surface area (Å²) in [6.45, 7) is 4.08. The van der Waals surface area contributed by atoms with Crippen molar-refractivity contribution in [2.75, 3.05) is 18.1 Å². The molecular formula is C15H19NO4S2. The summed E-state index contributed by atoms with van der Waals surface area (Å²) in [6, 6.07) is 6.53. The summed E-state index contributed by atoms with van der Waals surface area (Å²) in [7, 11) is 0. The van der Waals surface area contributed by atoms with E-state index in [9.17, 15) is 14.9 Å². The van der Waals surface area contributed by atoms with Crippen molar-refractivity contribution >= 4 is 35.2 Å². The minimum absolute atomic E-state index is 0.0502. The molecule has 1 aliphatic heterocycles. The molecule has 0 aliphatic carbocycles. The van der Waals surface area contributed by atoms with Gasteiger partial charge in [-0.1, -0.05) is 19.1 Å². The highest BCUT2D eigenvalue weighted by atomic mass is 32.2. The molecule has 1 heterocycles. The van der Waals surface area contributed by atoms with Gasteiger partial charge in [-0.2, -0.15) is 0 Å². The van der Waals surface area contributed by atoms with Crippen LogP contribution in [0, 0.1) is 10.1 Å². The fraction of sp³-hybridized carbons (Fsp3) is 0.533. The van der Waals surface area contributed by atoms with E-state index >= 15 is 0 Å². The van der Waals surface area contributed by atoms with Crippen LogP contribution in [0.15, 0.2) is 24.3 Å². The van der Waals surface area contributed by atoms with Crippen molar-refractivity contribution in [1.82, 2.24) is 0 Å². The van der Waals surface area contributed by atoms with E-state index < -0.39 is 9.00 Å². The summed E-state index contributed by atoms with van der Waals surface area (Å²) in [5.74, 6) is 1.39. The lowest BCUT2D eigenvalue weighted by molar-refractivity contribution is -0.384. The Morgan fingerprint density at radius 1 is 1.45 bits per heavy atom. The molecule has 1 saturated heterocycles. The van der Waals surface area contributed by atoms with Gasteiger partial charge in [0, 0.05) is 18.1 Å². The lowest BCUT2D eigenvalue weighted by Gasteiger charge is -2.38. The Bertz CT molecular complexity index is 558. The summed E-state index contributed by atoms with van der Waals surface area (Å²) >= 11 is 3.19.